The first-order valence-electron chi connectivity index (χ1n) is 8.90. The second-order valence-corrected chi connectivity index (χ2v) is 7.04. The monoisotopic (exact) mass is 330 g/mol. The summed E-state index contributed by atoms with van der Waals surface area (Å²) in [6.07, 6.45) is 5.35. The lowest BCUT2D eigenvalue weighted by atomic mass is 9.82. The summed E-state index contributed by atoms with van der Waals surface area (Å²) >= 11 is 0. The van der Waals surface area contributed by atoms with E-state index in [4.69, 9.17) is 10.5 Å². The number of nitrogens with two attached hydrogens (primary N) is 1. The van der Waals surface area contributed by atoms with Gasteiger partial charge in [-0.25, -0.2) is 4.79 Å². The molecule has 1 amide bonds. The van der Waals surface area contributed by atoms with Gasteiger partial charge in [-0.1, -0.05) is 6.42 Å². The Hall–Kier alpha value is -2.04. The molecule has 24 heavy (non-hydrogen) atoms. The Morgan fingerprint density at radius 2 is 1.88 bits per heavy atom. The van der Waals surface area contributed by atoms with Gasteiger partial charge in [-0.3, -0.25) is 4.79 Å². The molecule has 5 heteroatoms. The first kappa shape index (κ1) is 16.8. The van der Waals surface area contributed by atoms with Gasteiger partial charge in [0.2, 0.25) is 5.91 Å². The maximum absolute atomic E-state index is 12.2. The van der Waals surface area contributed by atoms with Gasteiger partial charge in [0.1, 0.15) is 6.10 Å². The molecule has 5 nitrogen and oxygen atoms in total. The van der Waals surface area contributed by atoms with Crippen LogP contribution in [-0.2, 0) is 9.53 Å². The van der Waals surface area contributed by atoms with Crippen LogP contribution < -0.4 is 10.6 Å². The van der Waals surface area contributed by atoms with E-state index in [1.807, 2.05) is 19.1 Å². The quantitative estimate of drug-likeness (QED) is 0.843. The normalized spacial score (nSPS) is 22.5. The third-order valence-corrected chi connectivity index (χ3v) is 5.40. The Bertz CT molecular complexity index is 595. The van der Waals surface area contributed by atoms with Gasteiger partial charge in [-0.05, 0) is 62.8 Å². The number of benzene rings is 1. The first-order valence-corrected chi connectivity index (χ1v) is 8.90. The van der Waals surface area contributed by atoms with Crippen LogP contribution in [0.3, 0.4) is 0 Å². The van der Waals surface area contributed by atoms with Crippen molar-refractivity contribution in [2.24, 2.45) is 17.6 Å². The van der Waals surface area contributed by atoms with E-state index in [9.17, 15) is 9.59 Å². The topological polar surface area (TPSA) is 72.6 Å². The molecule has 0 radical (unpaired) electrons. The number of rotatable bonds is 5. The van der Waals surface area contributed by atoms with Gasteiger partial charge < -0.3 is 15.4 Å². The summed E-state index contributed by atoms with van der Waals surface area (Å²) in [5.41, 5.74) is 7.03. The molecule has 1 aliphatic carbocycles. The number of carbonyl (C=O) groups excluding carboxylic acids is 2. The molecule has 1 heterocycles. The number of ether oxygens (including phenoxy) is 1. The van der Waals surface area contributed by atoms with Crippen molar-refractivity contribution >= 4 is 17.6 Å². The van der Waals surface area contributed by atoms with Crippen molar-refractivity contribution < 1.29 is 14.3 Å². The molecule has 2 aliphatic rings. The van der Waals surface area contributed by atoms with Crippen molar-refractivity contribution in [1.82, 2.24) is 0 Å². The summed E-state index contributed by atoms with van der Waals surface area (Å²) < 4.78 is 5.56. The van der Waals surface area contributed by atoms with Crippen LogP contribution in [0.2, 0.25) is 0 Å². The molecule has 0 unspecified atom stereocenters. The summed E-state index contributed by atoms with van der Waals surface area (Å²) in [5, 5.41) is 0. The van der Waals surface area contributed by atoms with Crippen molar-refractivity contribution in [3.63, 3.8) is 0 Å². The Morgan fingerprint density at radius 3 is 2.46 bits per heavy atom. The summed E-state index contributed by atoms with van der Waals surface area (Å²) in [5.74, 6) is -0.0569. The van der Waals surface area contributed by atoms with E-state index in [-0.39, 0.29) is 23.9 Å². The predicted molar refractivity (Wildman–Crippen MR) is 92.8 cm³/mol. The molecule has 0 aromatic heterocycles. The van der Waals surface area contributed by atoms with Crippen molar-refractivity contribution in [2.45, 2.75) is 45.1 Å². The molecule has 0 bridgehead atoms. The number of nitrogens with zero attached hydrogens (tertiary/aromatic N) is 1. The number of piperidine rings is 1. The Labute approximate surface area is 143 Å². The molecule has 2 fully saturated rings. The number of anilines is 1. The zero-order valence-corrected chi connectivity index (χ0v) is 14.2. The molecule has 1 aromatic carbocycles. The second-order valence-electron chi connectivity index (χ2n) is 7.04. The third kappa shape index (κ3) is 3.71. The number of hydrogen-bond acceptors (Lipinski definition) is 4. The van der Waals surface area contributed by atoms with Crippen molar-refractivity contribution in [1.29, 1.82) is 0 Å². The van der Waals surface area contributed by atoms with E-state index >= 15 is 0 Å². The molecule has 130 valence electrons. The lowest BCUT2D eigenvalue weighted by molar-refractivity contribution is -0.122. The van der Waals surface area contributed by atoms with Crippen LogP contribution >= 0.6 is 0 Å². The van der Waals surface area contributed by atoms with Crippen LogP contribution in [0.25, 0.3) is 0 Å². The molecule has 1 saturated heterocycles. The summed E-state index contributed by atoms with van der Waals surface area (Å²) in [4.78, 5) is 25.8. The van der Waals surface area contributed by atoms with Crippen molar-refractivity contribution in [2.75, 3.05) is 18.0 Å². The van der Waals surface area contributed by atoms with Crippen LogP contribution in [0.4, 0.5) is 5.69 Å². The smallest absolute Gasteiger partial charge is 0.338 e. The molecule has 0 spiro atoms. The van der Waals surface area contributed by atoms with Crippen LogP contribution in [-0.4, -0.2) is 31.1 Å². The van der Waals surface area contributed by atoms with Gasteiger partial charge in [0.05, 0.1) is 11.5 Å². The van der Waals surface area contributed by atoms with Gasteiger partial charge in [0, 0.05) is 18.8 Å². The molecule has 1 aliphatic heterocycles. The van der Waals surface area contributed by atoms with Crippen LogP contribution in [0, 0.1) is 11.8 Å². The van der Waals surface area contributed by atoms with E-state index in [2.05, 4.69) is 4.90 Å². The molecule has 1 aromatic rings. The molecular formula is C19H26N2O3. The largest absolute Gasteiger partial charge is 0.459 e. The maximum Gasteiger partial charge on any atom is 0.338 e. The minimum atomic E-state index is -0.255. The highest BCUT2D eigenvalue weighted by Crippen LogP contribution is 2.31. The minimum Gasteiger partial charge on any atom is -0.459 e. The number of primary amides is 1. The van der Waals surface area contributed by atoms with E-state index in [0.29, 0.717) is 18.0 Å². The Morgan fingerprint density at radius 1 is 1.17 bits per heavy atom. The molecule has 1 saturated carbocycles. The average molecular weight is 330 g/mol. The fraction of sp³-hybridized carbons (Fsp3) is 0.579. The number of hydrogen-bond donors (Lipinski definition) is 1. The fourth-order valence-corrected chi connectivity index (χ4v) is 3.49. The lowest BCUT2D eigenvalue weighted by Gasteiger charge is -2.33. The summed E-state index contributed by atoms with van der Waals surface area (Å²) in [7, 11) is 0. The van der Waals surface area contributed by atoms with Crippen molar-refractivity contribution in [3.8, 4) is 0 Å². The number of esters is 1. The standard InChI is InChI=1S/C19H26N2O3/c1-13(14-4-2-5-14)24-19(23)15-7-9-17(10-8-15)21-11-3-6-16(12-21)18(20)22/h7-10,13-14,16H,2-6,11-12H2,1H3,(H2,20,22)/t13-,16-/m1/s1. The van der Waals surface area contributed by atoms with Gasteiger partial charge >= 0.3 is 5.97 Å². The van der Waals surface area contributed by atoms with Crippen LogP contribution in [0.5, 0.6) is 0 Å². The Balaban J connectivity index is 1.60. The third-order valence-electron chi connectivity index (χ3n) is 5.40. The average Bonchev–Trinajstić information content (AvgIpc) is 2.53. The first-order chi connectivity index (χ1) is 11.5. The molecule has 2 atom stereocenters. The van der Waals surface area contributed by atoms with E-state index in [0.717, 1.165) is 37.9 Å². The van der Waals surface area contributed by atoms with Crippen molar-refractivity contribution in [3.05, 3.63) is 29.8 Å². The van der Waals surface area contributed by atoms with Gasteiger partial charge in [-0.15, -0.1) is 0 Å². The van der Waals surface area contributed by atoms with E-state index in [1.165, 1.54) is 6.42 Å². The fourth-order valence-electron chi connectivity index (χ4n) is 3.49. The SMILES string of the molecule is C[C@@H](OC(=O)c1ccc(N2CCC[C@@H](C(N)=O)C2)cc1)C1CCC1. The summed E-state index contributed by atoms with van der Waals surface area (Å²) in [6.45, 7) is 3.54. The lowest BCUT2D eigenvalue weighted by Crippen LogP contribution is -2.41. The highest BCUT2D eigenvalue weighted by molar-refractivity contribution is 5.90. The van der Waals surface area contributed by atoms with E-state index < -0.39 is 0 Å². The highest BCUT2D eigenvalue weighted by atomic mass is 16.5. The number of carbonyl (C=O) groups is 2. The zero-order valence-electron chi connectivity index (χ0n) is 14.2. The Kier molecular flexibility index (Phi) is 5.07. The van der Waals surface area contributed by atoms with Gasteiger partial charge in [0.15, 0.2) is 0 Å². The molecule has 2 N–H and O–H groups in total. The molecular weight excluding hydrogens is 304 g/mol. The van der Waals surface area contributed by atoms with Gasteiger partial charge in [-0.2, -0.15) is 0 Å². The minimum absolute atomic E-state index is 0.00986. The zero-order chi connectivity index (χ0) is 17.1. The van der Waals surface area contributed by atoms with Crippen LogP contribution in [0.1, 0.15) is 49.4 Å². The predicted octanol–water partition coefficient (Wildman–Crippen LogP) is 2.73. The highest BCUT2D eigenvalue weighted by Gasteiger charge is 2.27. The number of amides is 1. The van der Waals surface area contributed by atoms with Gasteiger partial charge in [0.25, 0.3) is 0 Å². The summed E-state index contributed by atoms with van der Waals surface area (Å²) in [6, 6.07) is 7.46. The van der Waals surface area contributed by atoms with E-state index in [1.54, 1.807) is 12.1 Å². The second kappa shape index (κ2) is 7.24. The maximum atomic E-state index is 12.2. The van der Waals surface area contributed by atoms with Crippen LogP contribution in [0.15, 0.2) is 24.3 Å². The molecule has 3 rings (SSSR count).